The van der Waals surface area contributed by atoms with Crippen molar-refractivity contribution in [2.75, 3.05) is 16.6 Å². The van der Waals surface area contributed by atoms with E-state index in [1.807, 2.05) is 12.1 Å². The fraction of sp³-hybridized carbons (Fsp3) is 0.231. The lowest BCUT2D eigenvalue weighted by atomic mass is 10.0. The zero-order chi connectivity index (χ0) is 14.3. The first kappa shape index (κ1) is 13.9. The van der Waals surface area contributed by atoms with Crippen molar-refractivity contribution in [2.45, 2.75) is 17.1 Å². The number of hydrogen-bond acceptors (Lipinski definition) is 4. The molecule has 4 nitrogen and oxygen atoms in total. The number of fused-ring (bicyclic) bond motifs is 1. The van der Waals surface area contributed by atoms with Crippen LogP contribution in [0.2, 0.25) is 0 Å². The molecule has 0 spiro atoms. The van der Waals surface area contributed by atoms with Gasteiger partial charge < -0.3 is 5.73 Å². The van der Waals surface area contributed by atoms with Gasteiger partial charge in [0.25, 0.3) is 10.0 Å². The van der Waals surface area contributed by atoms with Gasteiger partial charge >= 0.3 is 0 Å². The fourth-order valence-corrected chi connectivity index (χ4v) is 6.32. The van der Waals surface area contributed by atoms with Crippen LogP contribution in [0.25, 0.3) is 0 Å². The number of sulfonamides is 1. The molecule has 0 unspecified atom stereocenters. The molecule has 0 fully saturated rings. The number of hydrogen-bond donors (Lipinski definition) is 1. The van der Waals surface area contributed by atoms with Gasteiger partial charge in [-0.05, 0) is 57.9 Å². The van der Waals surface area contributed by atoms with Gasteiger partial charge in [0.05, 0.1) is 5.69 Å². The lowest BCUT2D eigenvalue weighted by Crippen LogP contribution is -2.35. The van der Waals surface area contributed by atoms with E-state index in [0.717, 1.165) is 18.4 Å². The first-order valence-electron chi connectivity index (χ1n) is 6.14. The summed E-state index contributed by atoms with van der Waals surface area (Å²) in [6.07, 6.45) is 1.70. The van der Waals surface area contributed by atoms with E-state index < -0.39 is 10.0 Å². The highest BCUT2D eigenvalue weighted by Gasteiger charge is 2.31. The zero-order valence-electron chi connectivity index (χ0n) is 10.5. The molecular formula is C13H13BrN2O2S2. The molecule has 3 rings (SSSR count). The van der Waals surface area contributed by atoms with Crippen molar-refractivity contribution in [3.05, 3.63) is 39.7 Å². The van der Waals surface area contributed by atoms with Crippen LogP contribution in [0.5, 0.6) is 0 Å². The lowest BCUT2D eigenvalue weighted by Gasteiger charge is -2.30. The molecule has 0 radical (unpaired) electrons. The zero-order valence-corrected chi connectivity index (χ0v) is 13.8. The Bertz CT molecular complexity index is 755. The number of nitrogen functional groups attached to an aromatic ring is 1. The Labute approximate surface area is 130 Å². The van der Waals surface area contributed by atoms with Gasteiger partial charge in [-0.3, -0.25) is 4.31 Å². The van der Waals surface area contributed by atoms with Gasteiger partial charge in [0.15, 0.2) is 4.21 Å². The second kappa shape index (κ2) is 5.05. The molecule has 0 saturated heterocycles. The number of aryl methyl sites for hydroxylation is 1. The fourth-order valence-electron chi connectivity index (χ4n) is 2.37. The monoisotopic (exact) mass is 372 g/mol. The van der Waals surface area contributed by atoms with Crippen LogP contribution in [0.1, 0.15) is 12.0 Å². The van der Waals surface area contributed by atoms with Crippen LogP contribution < -0.4 is 10.0 Å². The largest absolute Gasteiger partial charge is 0.399 e. The highest BCUT2D eigenvalue weighted by Crippen LogP contribution is 2.37. The number of anilines is 2. The maximum absolute atomic E-state index is 12.8. The van der Waals surface area contributed by atoms with E-state index in [4.69, 9.17) is 5.73 Å². The number of rotatable bonds is 2. The SMILES string of the molecule is Nc1ccc2c(c1)N(S(=O)(=O)c1sccc1Br)CCC2. The second-order valence-electron chi connectivity index (χ2n) is 4.62. The quantitative estimate of drug-likeness (QED) is 0.822. The van der Waals surface area contributed by atoms with E-state index >= 15 is 0 Å². The standard InChI is InChI=1S/C13H13BrN2O2S2/c14-11-5-7-19-13(11)20(17,18)16-6-1-2-9-3-4-10(15)8-12(9)16/h3-5,7-8H,1-2,6,15H2. The minimum absolute atomic E-state index is 0.341. The van der Waals surface area contributed by atoms with Crippen molar-refractivity contribution < 1.29 is 8.42 Å². The third-order valence-corrected chi connectivity index (χ3v) is 7.75. The summed E-state index contributed by atoms with van der Waals surface area (Å²) < 4.78 is 28.0. The minimum atomic E-state index is -3.53. The minimum Gasteiger partial charge on any atom is -0.399 e. The van der Waals surface area contributed by atoms with Crippen LogP contribution in [0.15, 0.2) is 38.3 Å². The summed E-state index contributed by atoms with van der Waals surface area (Å²) in [6, 6.07) is 7.22. The van der Waals surface area contributed by atoms with Crippen LogP contribution in [0, 0.1) is 0 Å². The van der Waals surface area contributed by atoms with Crippen LogP contribution in [0.3, 0.4) is 0 Å². The maximum Gasteiger partial charge on any atom is 0.274 e. The predicted octanol–water partition coefficient (Wildman–Crippen LogP) is 3.23. The number of nitrogens with two attached hydrogens (primary N) is 1. The van der Waals surface area contributed by atoms with Gasteiger partial charge in [-0.2, -0.15) is 0 Å². The number of nitrogens with zero attached hydrogens (tertiary/aromatic N) is 1. The molecule has 0 bridgehead atoms. The molecule has 0 amide bonds. The first-order valence-corrected chi connectivity index (χ1v) is 9.25. The molecule has 1 aromatic heterocycles. The van der Waals surface area contributed by atoms with Gasteiger partial charge in [-0.15, -0.1) is 11.3 Å². The van der Waals surface area contributed by atoms with Crippen molar-refractivity contribution in [2.24, 2.45) is 0 Å². The molecule has 0 aliphatic carbocycles. The molecule has 0 atom stereocenters. The molecular weight excluding hydrogens is 360 g/mol. The van der Waals surface area contributed by atoms with Crippen LogP contribution in [-0.2, 0) is 16.4 Å². The van der Waals surface area contributed by atoms with Crippen molar-refractivity contribution in [1.82, 2.24) is 0 Å². The predicted molar refractivity (Wildman–Crippen MR) is 85.7 cm³/mol. The number of thiophene rings is 1. The smallest absolute Gasteiger partial charge is 0.274 e. The average Bonchev–Trinajstić information content (AvgIpc) is 2.85. The Morgan fingerprint density at radius 3 is 2.80 bits per heavy atom. The van der Waals surface area contributed by atoms with Crippen LogP contribution >= 0.6 is 27.3 Å². The summed E-state index contributed by atoms with van der Waals surface area (Å²) in [5.74, 6) is 0. The average molecular weight is 373 g/mol. The molecule has 1 aliphatic heterocycles. The first-order chi connectivity index (χ1) is 9.50. The van der Waals surface area contributed by atoms with Gasteiger partial charge in [0.2, 0.25) is 0 Å². The third kappa shape index (κ3) is 2.23. The van der Waals surface area contributed by atoms with Crippen molar-refractivity contribution in [3.63, 3.8) is 0 Å². The molecule has 2 aromatic rings. The van der Waals surface area contributed by atoms with E-state index in [1.165, 1.54) is 15.6 Å². The summed E-state index contributed by atoms with van der Waals surface area (Å²) in [4.78, 5) is 0. The normalized spacial score (nSPS) is 15.2. The highest BCUT2D eigenvalue weighted by molar-refractivity contribution is 9.10. The Morgan fingerprint density at radius 1 is 1.30 bits per heavy atom. The Hall–Kier alpha value is -1.05. The van der Waals surface area contributed by atoms with E-state index in [0.29, 0.717) is 26.6 Å². The van der Waals surface area contributed by atoms with Gasteiger partial charge in [0, 0.05) is 16.7 Å². The summed E-state index contributed by atoms with van der Waals surface area (Å²) >= 11 is 4.52. The van der Waals surface area contributed by atoms with Crippen molar-refractivity contribution >= 4 is 48.7 Å². The summed E-state index contributed by atoms with van der Waals surface area (Å²) in [6.45, 7) is 0.489. The molecule has 2 heterocycles. The van der Waals surface area contributed by atoms with E-state index in [2.05, 4.69) is 15.9 Å². The second-order valence-corrected chi connectivity index (χ2v) is 8.45. The number of halogens is 1. The highest BCUT2D eigenvalue weighted by atomic mass is 79.9. The lowest BCUT2D eigenvalue weighted by molar-refractivity contribution is 0.588. The molecule has 20 heavy (non-hydrogen) atoms. The molecule has 7 heteroatoms. The van der Waals surface area contributed by atoms with E-state index in [1.54, 1.807) is 17.5 Å². The van der Waals surface area contributed by atoms with Gasteiger partial charge in [-0.25, -0.2) is 8.42 Å². The van der Waals surface area contributed by atoms with Crippen molar-refractivity contribution in [3.8, 4) is 0 Å². The summed E-state index contributed by atoms with van der Waals surface area (Å²) in [7, 11) is -3.53. The number of benzene rings is 1. The molecule has 1 aliphatic rings. The van der Waals surface area contributed by atoms with Crippen LogP contribution in [0.4, 0.5) is 11.4 Å². The van der Waals surface area contributed by atoms with Crippen molar-refractivity contribution in [1.29, 1.82) is 0 Å². The Morgan fingerprint density at radius 2 is 2.10 bits per heavy atom. The summed E-state index contributed by atoms with van der Waals surface area (Å²) in [5, 5.41) is 1.77. The van der Waals surface area contributed by atoms with Gasteiger partial charge in [0.1, 0.15) is 0 Å². The molecule has 0 saturated carbocycles. The maximum atomic E-state index is 12.8. The van der Waals surface area contributed by atoms with E-state index in [-0.39, 0.29) is 0 Å². The third-order valence-electron chi connectivity index (χ3n) is 3.29. The Balaban J connectivity index is 2.13. The van der Waals surface area contributed by atoms with Gasteiger partial charge in [-0.1, -0.05) is 6.07 Å². The Kier molecular flexibility index (Phi) is 3.51. The van der Waals surface area contributed by atoms with Crippen LogP contribution in [-0.4, -0.2) is 15.0 Å². The molecule has 1 aromatic carbocycles. The van der Waals surface area contributed by atoms with E-state index in [9.17, 15) is 8.42 Å². The topological polar surface area (TPSA) is 63.4 Å². The molecule has 2 N–H and O–H groups in total. The summed E-state index contributed by atoms with van der Waals surface area (Å²) in [5.41, 5.74) is 8.12. The molecule has 106 valence electrons.